The zero-order valence-corrected chi connectivity index (χ0v) is 29.6. The van der Waals surface area contributed by atoms with Gasteiger partial charge in [0.05, 0.1) is 13.1 Å². The maximum Gasteiger partial charge on any atom is 0.325 e. The topological polar surface area (TPSA) is 123 Å². The average Bonchev–Trinajstić information content (AvgIpc) is 3.39. The molecule has 8 atom stereocenters. The summed E-state index contributed by atoms with van der Waals surface area (Å²) in [5.74, 6) is -0.550. The van der Waals surface area contributed by atoms with Gasteiger partial charge in [-0.1, -0.05) is 65.8 Å². The van der Waals surface area contributed by atoms with Crippen LogP contribution in [0.15, 0.2) is 24.3 Å². The molecule has 0 saturated carbocycles. The summed E-state index contributed by atoms with van der Waals surface area (Å²) in [5.41, 5.74) is -1.51. The zero-order chi connectivity index (χ0) is 34.1. The summed E-state index contributed by atoms with van der Waals surface area (Å²) in [4.78, 5) is 57.7. The summed E-state index contributed by atoms with van der Waals surface area (Å²) < 4.78 is 0. The SMILES string of the molecule is CCC1(C)CC2(NC(=O)N(Cc3ccc(CN4C(=O)NC5(CC(C)(CC)NC(C)(CC)C5C)C4=O)cc3)C2=O)C(C)C(C)(CC)N1. The van der Waals surface area contributed by atoms with Crippen molar-refractivity contribution in [3.05, 3.63) is 35.4 Å². The van der Waals surface area contributed by atoms with Crippen LogP contribution in [0.25, 0.3) is 0 Å². The Balaban J connectivity index is 1.32. The number of amides is 6. The van der Waals surface area contributed by atoms with Crippen molar-refractivity contribution in [2.24, 2.45) is 11.8 Å². The minimum absolute atomic E-state index is 0.103. The van der Waals surface area contributed by atoms with Gasteiger partial charge in [-0.25, -0.2) is 9.59 Å². The summed E-state index contributed by atoms with van der Waals surface area (Å²) in [7, 11) is 0. The summed E-state index contributed by atoms with van der Waals surface area (Å²) in [6.07, 6.45) is 4.41. The Morgan fingerprint density at radius 3 is 1.22 bits per heavy atom. The van der Waals surface area contributed by atoms with Crippen LogP contribution < -0.4 is 21.3 Å². The van der Waals surface area contributed by atoms with Gasteiger partial charge in [-0.2, -0.15) is 0 Å². The molecule has 0 radical (unpaired) electrons. The maximum atomic E-state index is 14.1. The largest absolute Gasteiger partial charge is 0.325 e. The summed E-state index contributed by atoms with van der Waals surface area (Å²) in [6.45, 7) is 21.5. The fraction of sp³-hybridized carbons (Fsp3) is 0.722. The highest BCUT2D eigenvalue weighted by molar-refractivity contribution is 6.08. The second-order valence-electron chi connectivity index (χ2n) is 15.8. The molecule has 4 saturated heterocycles. The number of carbonyl (C=O) groups is 4. The molecule has 2 spiro atoms. The lowest BCUT2D eigenvalue weighted by Gasteiger charge is -2.56. The van der Waals surface area contributed by atoms with E-state index in [0.29, 0.717) is 12.8 Å². The van der Waals surface area contributed by atoms with Gasteiger partial charge in [0.1, 0.15) is 11.1 Å². The standard InChI is InChI=1S/C36H56N6O4/c1-11-31(7)21-35(23(5)33(9,13-3)39-31)27(43)41(29(45)37-35)19-25-15-17-26(18-16-25)20-42-28(44)36(38-30(42)46)22-32(8,12-2)40-34(10,14-4)24(36)6/h15-18,23-24,39-40H,11-14,19-22H2,1-10H3,(H,37,45)(H,38,46). The molecule has 1 aromatic rings. The number of piperidine rings is 2. The maximum absolute atomic E-state index is 14.1. The molecule has 0 bridgehead atoms. The number of benzene rings is 1. The molecular weight excluding hydrogens is 580 g/mol. The van der Waals surface area contributed by atoms with E-state index in [1.165, 1.54) is 9.80 Å². The van der Waals surface area contributed by atoms with E-state index in [2.05, 4.69) is 90.5 Å². The number of imide groups is 2. The van der Waals surface area contributed by atoms with Crippen molar-refractivity contribution >= 4 is 23.9 Å². The molecule has 4 aliphatic rings. The molecule has 5 rings (SSSR count). The number of nitrogens with zero attached hydrogens (tertiary/aromatic N) is 2. The summed E-state index contributed by atoms with van der Waals surface area (Å²) in [5, 5.41) is 13.9. The van der Waals surface area contributed by atoms with Crippen LogP contribution in [0.2, 0.25) is 0 Å². The molecule has 1 aromatic carbocycles. The van der Waals surface area contributed by atoms with E-state index in [1.807, 2.05) is 24.3 Å². The molecule has 10 heteroatoms. The normalized spacial score (nSPS) is 41.1. The van der Waals surface area contributed by atoms with Crippen LogP contribution in [0.1, 0.15) is 119 Å². The first-order valence-corrected chi connectivity index (χ1v) is 17.3. The Hall–Kier alpha value is -2.98. The van der Waals surface area contributed by atoms with Crippen molar-refractivity contribution in [1.82, 2.24) is 31.1 Å². The van der Waals surface area contributed by atoms with Gasteiger partial charge in [-0.15, -0.1) is 0 Å². The number of nitrogens with one attached hydrogen (secondary N) is 4. The number of urea groups is 2. The van der Waals surface area contributed by atoms with E-state index >= 15 is 0 Å². The predicted octanol–water partition coefficient (Wildman–Crippen LogP) is 5.20. The van der Waals surface area contributed by atoms with E-state index < -0.39 is 11.1 Å². The van der Waals surface area contributed by atoms with Crippen LogP contribution in [-0.4, -0.2) is 66.9 Å². The van der Waals surface area contributed by atoms with Gasteiger partial charge in [0.15, 0.2) is 0 Å². The Morgan fingerprint density at radius 2 is 0.935 bits per heavy atom. The smallest absolute Gasteiger partial charge is 0.323 e. The summed E-state index contributed by atoms with van der Waals surface area (Å²) >= 11 is 0. The van der Waals surface area contributed by atoms with Crippen molar-refractivity contribution in [3.63, 3.8) is 0 Å². The number of hydrogen-bond acceptors (Lipinski definition) is 6. The van der Waals surface area contributed by atoms with Crippen molar-refractivity contribution in [1.29, 1.82) is 0 Å². The molecule has 46 heavy (non-hydrogen) atoms. The molecular formula is C36H56N6O4. The highest BCUT2D eigenvalue weighted by Crippen LogP contribution is 2.48. The van der Waals surface area contributed by atoms with Crippen LogP contribution in [-0.2, 0) is 22.7 Å². The molecule has 0 aliphatic carbocycles. The highest BCUT2D eigenvalue weighted by atomic mass is 16.2. The molecule has 4 heterocycles. The van der Waals surface area contributed by atoms with Crippen LogP contribution in [0, 0.1) is 11.8 Å². The van der Waals surface area contributed by atoms with Crippen molar-refractivity contribution in [2.75, 3.05) is 0 Å². The predicted molar refractivity (Wildman–Crippen MR) is 179 cm³/mol. The van der Waals surface area contributed by atoms with Gasteiger partial charge in [0.2, 0.25) is 0 Å². The number of hydrogen-bond donors (Lipinski definition) is 4. The van der Waals surface area contributed by atoms with E-state index in [1.54, 1.807) is 0 Å². The Kier molecular flexibility index (Phi) is 8.46. The van der Waals surface area contributed by atoms with Gasteiger partial charge in [0.25, 0.3) is 11.8 Å². The van der Waals surface area contributed by atoms with E-state index in [0.717, 1.165) is 36.8 Å². The lowest BCUT2D eigenvalue weighted by atomic mass is 9.61. The highest BCUT2D eigenvalue weighted by Gasteiger charge is 2.65. The minimum atomic E-state index is -0.968. The van der Waals surface area contributed by atoms with Gasteiger partial charge in [0, 0.05) is 34.0 Å². The average molecular weight is 637 g/mol. The third-order valence-corrected chi connectivity index (χ3v) is 13.0. The Bertz CT molecular complexity index is 1310. The van der Waals surface area contributed by atoms with E-state index in [-0.39, 0.29) is 71.0 Å². The molecule has 4 N–H and O–H groups in total. The first kappa shape index (κ1) is 34.4. The molecule has 4 fully saturated rings. The molecule has 8 unspecified atom stereocenters. The van der Waals surface area contributed by atoms with Crippen molar-refractivity contribution < 1.29 is 19.2 Å². The molecule has 6 amide bonds. The van der Waals surface area contributed by atoms with Gasteiger partial charge >= 0.3 is 12.1 Å². The molecule has 0 aromatic heterocycles. The Morgan fingerprint density at radius 1 is 0.609 bits per heavy atom. The molecule has 254 valence electrons. The Labute approximate surface area is 275 Å². The fourth-order valence-electron chi connectivity index (χ4n) is 9.04. The van der Waals surface area contributed by atoms with Gasteiger partial charge in [-0.3, -0.25) is 19.4 Å². The fourth-order valence-corrected chi connectivity index (χ4v) is 9.04. The monoisotopic (exact) mass is 636 g/mol. The second kappa shape index (κ2) is 11.3. The van der Waals surface area contributed by atoms with E-state index in [4.69, 9.17) is 0 Å². The quantitative estimate of drug-likeness (QED) is 0.291. The van der Waals surface area contributed by atoms with Crippen molar-refractivity contribution in [2.45, 2.75) is 154 Å². The number of rotatable bonds is 8. The first-order valence-electron chi connectivity index (χ1n) is 17.3. The van der Waals surface area contributed by atoms with Crippen LogP contribution >= 0.6 is 0 Å². The van der Waals surface area contributed by atoms with Crippen LogP contribution in [0.5, 0.6) is 0 Å². The second-order valence-corrected chi connectivity index (χ2v) is 15.8. The number of carbonyl (C=O) groups excluding carboxylic acids is 4. The van der Waals surface area contributed by atoms with Crippen LogP contribution in [0.4, 0.5) is 9.59 Å². The van der Waals surface area contributed by atoms with Gasteiger partial charge < -0.3 is 21.3 Å². The lowest BCUT2D eigenvalue weighted by Crippen LogP contribution is -2.74. The minimum Gasteiger partial charge on any atom is -0.323 e. The third kappa shape index (κ3) is 5.14. The van der Waals surface area contributed by atoms with Crippen molar-refractivity contribution in [3.8, 4) is 0 Å². The first-order chi connectivity index (χ1) is 21.4. The third-order valence-electron chi connectivity index (χ3n) is 13.0. The van der Waals surface area contributed by atoms with E-state index in [9.17, 15) is 19.2 Å². The lowest BCUT2D eigenvalue weighted by molar-refractivity contribution is -0.139. The molecule has 4 aliphatic heterocycles. The van der Waals surface area contributed by atoms with Crippen LogP contribution in [0.3, 0.4) is 0 Å². The molecule has 10 nitrogen and oxygen atoms in total. The van der Waals surface area contributed by atoms with Gasteiger partial charge in [-0.05, 0) is 77.3 Å². The summed E-state index contributed by atoms with van der Waals surface area (Å²) in [6, 6.07) is 6.79. The zero-order valence-electron chi connectivity index (χ0n) is 29.6.